The van der Waals surface area contributed by atoms with Crippen molar-refractivity contribution in [2.45, 2.75) is 12.8 Å². The van der Waals surface area contributed by atoms with Crippen molar-refractivity contribution in [2.24, 2.45) is 5.92 Å². The van der Waals surface area contributed by atoms with E-state index in [9.17, 15) is 17.6 Å². The summed E-state index contributed by atoms with van der Waals surface area (Å²) < 4.78 is 37.6. The van der Waals surface area contributed by atoms with E-state index >= 15 is 0 Å². The number of piperidine rings is 1. The monoisotopic (exact) mass is 340 g/mol. The third-order valence-electron chi connectivity index (χ3n) is 4.06. The molecule has 3 rings (SSSR count). The summed E-state index contributed by atoms with van der Waals surface area (Å²) in [6.07, 6.45) is 2.07. The SMILES string of the molecule is CS(=O)(=O)N1CCC(C(=O)Nc2n[nH]c3ccc(F)cc23)CC1. The van der Waals surface area contributed by atoms with Crippen molar-refractivity contribution in [3.05, 3.63) is 24.0 Å². The van der Waals surface area contributed by atoms with Gasteiger partial charge in [0.05, 0.1) is 11.8 Å². The Balaban J connectivity index is 1.69. The molecule has 1 fully saturated rings. The van der Waals surface area contributed by atoms with E-state index in [1.807, 2.05) is 0 Å². The Morgan fingerprint density at radius 3 is 2.74 bits per heavy atom. The van der Waals surface area contributed by atoms with E-state index in [2.05, 4.69) is 15.5 Å². The van der Waals surface area contributed by atoms with Gasteiger partial charge >= 0.3 is 0 Å². The van der Waals surface area contributed by atoms with Crippen molar-refractivity contribution >= 4 is 32.7 Å². The van der Waals surface area contributed by atoms with Gasteiger partial charge in [0, 0.05) is 24.4 Å². The van der Waals surface area contributed by atoms with Crippen LogP contribution in [0, 0.1) is 11.7 Å². The van der Waals surface area contributed by atoms with Gasteiger partial charge in [-0.2, -0.15) is 5.10 Å². The maximum Gasteiger partial charge on any atom is 0.228 e. The number of nitrogens with zero attached hydrogens (tertiary/aromatic N) is 2. The fraction of sp³-hybridized carbons (Fsp3) is 0.429. The van der Waals surface area contributed by atoms with Gasteiger partial charge in [-0.05, 0) is 31.0 Å². The van der Waals surface area contributed by atoms with E-state index in [-0.39, 0.29) is 17.6 Å². The molecule has 9 heteroatoms. The molecular weight excluding hydrogens is 323 g/mol. The van der Waals surface area contributed by atoms with Crippen LogP contribution in [0.2, 0.25) is 0 Å². The molecule has 0 aliphatic carbocycles. The molecule has 0 radical (unpaired) electrons. The first-order chi connectivity index (χ1) is 10.8. The number of carbonyl (C=O) groups is 1. The van der Waals surface area contributed by atoms with E-state index in [1.54, 1.807) is 6.07 Å². The summed E-state index contributed by atoms with van der Waals surface area (Å²) in [6, 6.07) is 4.17. The lowest BCUT2D eigenvalue weighted by Crippen LogP contribution is -2.40. The van der Waals surface area contributed by atoms with Gasteiger partial charge in [0.1, 0.15) is 5.82 Å². The summed E-state index contributed by atoms with van der Waals surface area (Å²) in [5, 5.41) is 9.93. The second kappa shape index (κ2) is 5.89. The average molecular weight is 340 g/mol. The van der Waals surface area contributed by atoms with Crippen LogP contribution in [0.3, 0.4) is 0 Å². The highest BCUT2D eigenvalue weighted by molar-refractivity contribution is 7.88. The van der Waals surface area contributed by atoms with Gasteiger partial charge in [0.15, 0.2) is 5.82 Å². The van der Waals surface area contributed by atoms with Crippen LogP contribution in [0.5, 0.6) is 0 Å². The number of hydrogen-bond donors (Lipinski definition) is 2. The fourth-order valence-corrected chi connectivity index (χ4v) is 3.62. The minimum atomic E-state index is -3.22. The van der Waals surface area contributed by atoms with Crippen LogP contribution in [0.15, 0.2) is 18.2 Å². The summed E-state index contributed by atoms with van der Waals surface area (Å²) in [5.74, 6) is -0.630. The third-order valence-corrected chi connectivity index (χ3v) is 5.36. The maximum atomic E-state index is 13.3. The van der Waals surface area contributed by atoms with Gasteiger partial charge in [0.2, 0.25) is 15.9 Å². The number of sulfonamides is 1. The van der Waals surface area contributed by atoms with Crippen molar-refractivity contribution < 1.29 is 17.6 Å². The largest absolute Gasteiger partial charge is 0.308 e. The van der Waals surface area contributed by atoms with Crippen LogP contribution < -0.4 is 5.32 Å². The van der Waals surface area contributed by atoms with E-state index in [4.69, 9.17) is 0 Å². The Morgan fingerprint density at radius 1 is 1.39 bits per heavy atom. The first kappa shape index (κ1) is 15.9. The Kier molecular flexibility index (Phi) is 4.07. The molecule has 1 saturated heterocycles. The van der Waals surface area contributed by atoms with E-state index in [0.717, 1.165) is 6.26 Å². The standard InChI is InChI=1S/C14H17FN4O3S/c1-23(21,22)19-6-4-9(5-7-19)14(20)16-13-11-8-10(15)2-3-12(11)17-18-13/h2-3,8-9H,4-7H2,1H3,(H2,16,17,18,20). The Morgan fingerprint density at radius 2 is 2.09 bits per heavy atom. The van der Waals surface area contributed by atoms with Gasteiger partial charge in [0.25, 0.3) is 0 Å². The van der Waals surface area contributed by atoms with E-state index in [0.29, 0.717) is 36.8 Å². The second-order valence-electron chi connectivity index (χ2n) is 5.69. The summed E-state index contributed by atoms with van der Waals surface area (Å²) in [6.45, 7) is 0.653. The minimum Gasteiger partial charge on any atom is -0.308 e. The summed E-state index contributed by atoms with van der Waals surface area (Å²) in [4.78, 5) is 12.3. The van der Waals surface area contributed by atoms with Gasteiger partial charge in [-0.25, -0.2) is 17.1 Å². The zero-order chi connectivity index (χ0) is 16.6. The van der Waals surface area contributed by atoms with Crippen LogP contribution in [-0.4, -0.2) is 48.2 Å². The minimum absolute atomic E-state index is 0.226. The number of benzene rings is 1. The number of anilines is 1. The number of aromatic nitrogens is 2. The van der Waals surface area contributed by atoms with Crippen LogP contribution in [0.1, 0.15) is 12.8 Å². The Labute approximate surface area is 132 Å². The summed E-state index contributed by atoms with van der Waals surface area (Å²) in [7, 11) is -3.22. The molecule has 1 aliphatic rings. The van der Waals surface area contributed by atoms with E-state index < -0.39 is 15.8 Å². The molecule has 0 saturated carbocycles. The van der Waals surface area contributed by atoms with Crippen molar-refractivity contribution in [1.82, 2.24) is 14.5 Å². The molecule has 23 heavy (non-hydrogen) atoms. The number of halogens is 1. The average Bonchev–Trinajstić information content (AvgIpc) is 2.89. The number of carbonyl (C=O) groups excluding carboxylic acids is 1. The maximum absolute atomic E-state index is 13.3. The van der Waals surface area contributed by atoms with Crippen LogP contribution >= 0.6 is 0 Å². The summed E-state index contributed by atoms with van der Waals surface area (Å²) >= 11 is 0. The number of amides is 1. The van der Waals surface area contributed by atoms with Crippen molar-refractivity contribution in [1.29, 1.82) is 0 Å². The van der Waals surface area contributed by atoms with Crippen LogP contribution in [-0.2, 0) is 14.8 Å². The molecule has 7 nitrogen and oxygen atoms in total. The number of H-pyrrole nitrogens is 1. The predicted molar refractivity (Wildman–Crippen MR) is 83.8 cm³/mol. The number of hydrogen-bond acceptors (Lipinski definition) is 4. The van der Waals surface area contributed by atoms with Gasteiger partial charge in [-0.1, -0.05) is 0 Å². The zero-order valence-electron chi connectivity index (χ0n) is 12.5. The molecule has 2 heterocycles. The molecule has 0 bridgehead atoms. The lowest BCUT2D eigenvalue weighted by molar-refractivity contribution is -0.120. The van der Waals surface area contributed by atoms with Crippen LogP contribution in [0.25, 0.3) is 10.9 Å². The highest BCUT2D eigenvalue weighted by Crippen LogP contribution is 2.24. The van der Waals surface area contributed by atoms with Gasteiger partial charge in [-0.3, -0.25) is 9.89 Å². The van der Waals surface area contributed by atoms with Crippen molar-refractivity contribution in [2.75, 3.05) is 24.7 Å². The topological polar surface area (TPSA) is 95.2 Å². The van der Waals surface area contributed by atoms with Crippen molar-refractivity contribution in [3.63, 3.8) is 0 Å². The molecule has 0 spiro atoms. The van der Waals surface area contributed by atoms with Gasteiger partial charge in [-0.15, -0.1) is 0 Å². The summed E-state index contributed by atoms with van der Waals surface area (Å²) in [5.41, 5.74) is 0.633. The fourth-order valence-electron chi connectivity index (χ4n) is 2.75. The number of rotatable bonds is 3. The molecule has 0 unspecified atom stereocenters. The second-order valence-corrected chi connectivity index (χ2v) is 7.67. The number of fused-ring (bicyclic) bond motifs is 1. The zero-order valence-corrected chi connectivity index (χ0v) is 13.4. The van der Waals surface area contributed by atoms with E-state index in [1.165, 1.54) is 16.4 Å². The molecule has 0 atom stereocenters. The Bertz CT molecular complexity index is 841. The van der Waals surface area contributed by atoms with Crippen LogP contribution in [0.4, 0.5) is 10.2 Å². The molecule has 1 amide bonds. The van der Waals surface area contributed by atoms with Crippen molar-refractivity contribution in [3.8, 4) is 0 Å². The number of nitrogens with one attached hydrogen (secondary N) is 2. The molecule has 2 aromatic rings. The van der Waals surface area contributed by atoms with Gasteiger partial charge < -0.3 is 5.32 Å². The third kappa shape index (κ3) is 3.35. The first-order valence-corrected chi connectivity index (χ1v) is 9.09. The highest BCUT2D eigenvalue weighted by atomic mass is 32.2. The first-order valence-electron chi connectivity index (χ1n) is 7.24. The molecular formula is C14H17FN4O3S. The molecule has 1 aromatic carbocycles. The molecule has 1 aliphatic heterocycles. The molecule has 2 N–H and O–H groups in total. The predicted octanol–water partition coefficient (Wildman–Crippen LogP) is 1.31. The number of aromatic amines is 1. The lowest BCUT2D eigenvalue weighted by Gasteiger charge is -2.29. The molecule has 124 valence electrons. The molecule has 1 aromatic heterocycles. The Hall–Kier alpha value is -2.00. The smallest absolute Gasteiger partial charge is 0.228 e. The quantitative estimate of drug-likeness (QED) is 0.881. The normalized spacial score (nSPS) is 17.5. The lowest BCUT2D eigenvalue weighted by atomic mass is 9.97. The highest BCUT2D eigenvalue weighted by Gasteiger charge is 2.29.